The van der Waals surface area contributed by atoms with Crippen molar-refractivity contribution in [1.82, 2.24) is 0 Å². The summed E-state index contributed by atoms with van der Waals surface area (Å²) in [6, 6.07) is 2.78. The third-order valence-corrected chi connectivity index (χ3v) is 2.57. The van der Waals surface area contributed by atoms with Crippen LogP contribution < -0.4 is 15.5 Å². The molecule has 1 aliphatic heterocycles. The molecule has 0 saturated heterocycles. The Labute approximate surface area is 103 Å². The number of hydrogen-bond acceptors (Lipinski definition) is 5. The molecule has 1 aliphatic rings. The third-order valence-electron chi connectivity index (χ3n) is 2.57. The largest absolute Gasteiger partial charge is 0.508 e. The van der Waals surface area contributed by atoms with Crippen molar-refractivity contribution in [3.63, 3.8) is 0 Å². The van der Waals surface area contributed by atoms with Crippen molar-refractivity contribution in [2.75, 3.05) is 25.6 Å². The Kier molecular flexibility index (Phi) is 3.66. The van der Waals surface area contributed by atoms with Crippen LogP contribution in [0.5, 0.6) is 11.5 Å². The highest BCUT2D eigenvalue weighted by atomic mass is 16.6. The van der Waals surface area contributed by atoms with E-state index in [1.165, 1.54) is 24.7 Å². The number of aliphatic hydroxyl groups excluding tert-OH is 1. The van der Waals surface area contributed by atoms with Crippen LogP contribution in [0.2, 0.25) is 0 Å². The van der Waals surface area contributed by atoms with E-state index in [0.717, 1.165) is 0 Å². The minimum absolute atomic E-state index is 0.0500. The van der Waals surface area contributed by atoms with E-state index in [9.17, 15) is 15.0 Å². The number of fused-ring (bicyclic) bond motifs is 1. The number of nitrogens with one attached hydrogen (secondary N) is 1. The zero-order valence-electron chi connectivity index (χ0n) is 9.84. The molecule has 0 unspecified atom stereocenters. The van der Waals surface area contributed by atoms with Crippen molar-refractivity contribution < 1.29 is 30.1 Å². The summed E-state index contributed by atoms with van der Waals surface area (Å²) in [6.07, 6.45) is -0.874. The van der Waals surface area contributed by atoms with E-state index in [1.807, 2.05) is 0 Å². The van der Waals surface area contributed by atoms with Gasteiger partial charge in [-0.1, -0.05) is 0 Å². The molecule has 0 radical (unpaired) electrons. The number of hydrogen-bond donors (Lipinski definition) is 4. The lowest BCUT2D eigenvalue weighted by Gasteiger charge is -2.22. The average Bonchev–Trinajstić information content (AvgIpc) is 2.34. The van der Waals surface area contributed by atoms with E-state index in [-0.39, 0.29) is 24.8 Å². The molecule has 1 amide bonds. The van der Waals surface area contributed by atoms with Crippen LogP contribution in [-0.4, -0.2) is 36.4 Å². The van der Waals surface area contributed by atoms with Crippen LogP contribution in [0.15, 0.2) is 12.1 Å². The van der Waals surface area contributed by atoms with Gasteiger partial charge >= 0.3 is 0 Å². The normalized spacial score (nSPS) is 15.6. The first kappa shape index (κ1) is 12.6. The highest BCUT2D eigenvalue weighted by Crippen LogP contribution is 2.38. The fraction of sp³-hybridized carbons (Fsp3) is 0.364. The molecule has 0 saturated carbocycles. The van der Waals surface area contributed by atoms with Crippen molar-refractivity contribution in [3.8, 4) is 11.5 Å². The second-order valence-electron chi connectivity index (χ2n) is 3.90. The fourth-order valence-electron chi connectivity index (χ4n) is 1.78. The van der Waals surface area contributed by atoms with Crippen LogP contribution >= 0.6 is 0 Å². The van der Waals surface area contributed by atoms with Gasteiger partial charge < -0.3 is 20.3 Å². The first-order chi connectivity index (χ1) is 8.61. The summed E-state index contributed by atoms with van der Waals surface area (Å²) in [5, 5.41) is 22.1. The lowest BCUT2D eigenvalue weighted by molar-refractivity contribution is -0.892. The van der Waals surface area contributed by atoms with Gasteiger partial charge in [-0.15, -0.1) is 0 Å². The number of rotatable bonds is 4. The molecule has 2 rings (SSSR count). The van der Waals surface area contributed by atoms with E-state index in [1.54, 1.807) is 0 Å². The quantitative estimate of drug-likeness (QED) is 0.510. The number of carbonyl (C=O) groups excluding carboxylic acids is 1. The van der Waals surface area contributed by atoms with E-state index in [4.69, 9.17) is 9.57 Å². The molecule has 5 N–H and O–H groups in total. The summed E-state index contributed by atoms with van der Waals surface area (Å²) in [5.41, 5.74) is 2.22. The standard InChI is InChI=1S/C11H14N2O5/c1-17-12-4-9(15)7-2-6(14)3-8-11(7)18-5-10(16)13-8/h2-3,9,12,14-15H,4-5H2,1H3,(H,13,16)/p+1/t9-/m0/s1. The van der Waals surface area contributed by atoms with Gasteiger partial charge in [0.15, 0.2) is 6.61 Å². The topological polar surface area (TPSA) is 105 Å². The molecule has 7 heteroatoms. The van der Waals surface area contributed by atoms with Crippen LogP contribution in [0.1, 0.15) is 11.7 Å². The van der Waals surface area contributed by atoms with Gasteiger partial charge in [0, 0.05) is 11.6 Å². The maximum absolute atomic E-state index is 11.2. The van der Waals surface area contributed by atoms with Crippen LogP contribution in [-0.2, 0) is 9.63 Å². The van der Waals surface area contributed by atoms with E-state index >= 15 is 0 Å². The smallest absolute Gasteiger partial charge is 0.262 e. The molecule has 0 aromatic heterocycles. The summed E-state index contributed by atoms with van der Waals surface area (Å²) in [5.74, 6) is 0.0346. The minimum atomic E-state index is -0.874. The number of phenols is 1. The van der Waals surface area contributed by atoms with Gasteiger partial charge in [-0.2, -0.15) is 5.48 Å². The Morgan fingerprint density at radius 3 is 3.11 bits per heavy atom. The lowest BCUT2D eigenvalue weighted by Crippen LogP contribution is -2.83. The number of hydroxylamine groups is 1. The Morgan fingerprint density at radius 1 is 1.61 bits per heavy atom. The summed E-state index contributed by atoms with van der Waals surface area (Å²) in [4.78, 5) is 16.0. The van der Waals surface area contributed by atoms with Crippen molar-refractivity contribution in [2.45, 2.75) is 6.10 Å². The highest BCUT2D eigenvalue weighted by Gasteiger charge is 2.24. The molecule has 0 spiro atoms. The second-order valence-corrected chi connectivity index (χ2v) is 3.90. The second kappa shape index (κ2) is 5.21. The van der Waals surface area contributed by atoms with Gasteiger partial charge in [-0.25, -0.2) is 4.84 Å². The number of amides is 1. The van der Waals surface area contributed by atoms with Crippen LogP contribution in [0.25, 0.3) is 0 Å². The zero-order valence-corrected chi connectivity index (χ0v) is 9.84. The number of nitrogens with two attached hydrogens (primary N) is 1. The molecule has 1 atom stereocenters. The molecule has 1 aromatic carbocycles. The Morgan fingerprint density at radius 2 is 2.39 bits per heavy atom. The Balaban J connectivity index is 2.32. The van der Waals surface area contributed by atoms with Crippen LogP contribution in [0.4, 0.5) is 5.69 Å². The number of ether oxygens (including phenoxy) is 1. The molecule has 0 aliphatic carbocycles. The van der Waals surface area contributed by atoms with Gasteiger partial charge in [0.1, 0.15) is 24.1 Å². The maximum atomic E-state index is 11.2. The van der Waals surface area contributed by atoms with Crippen LogP contribution in [0, 0.1) is 0 Å². The third kappa shape index (κ3) is 2.53. The number of aliphatic hydroxyl groups is 1. The molecule has 0 bridgehead atoms. The molecule has 7 nitrogen and oxygen atoms in total. The monoisotopic (exact) mass is 255 g/mol. The van der Waals surface area contributed by atoms with Gasteiger partial charge in [-0.3, -0.25) is 4.79 Å². The van der Waals surface area contributed by atoms with Gasteiger partial charge in [0.05, 0.1) is 12.8 Å². The Hall–Kier alpha value is -1.83. The van der Waals surface area contributed by atoms with Crippen molar-refractivity contribution in [1.29, 1.82) is 0 Å². The molecule has 98 valence electrons. The molecule has 1 heterocycles. The van der Waals surface area contributed by atoms with E-state index in [2.05, 4.69) is 5.32 Å². The summed E-state index contributed by atoms with van der Waals surface area (Å²) in [7, 11) is 1.49. The summed E-state index contributed by atoms with van der Waals surface area (Å²) in [6.45, 7) is 0.148. The Bertz CT molecular complexity index is 463. The van der Waals surface area contributed by atoms with E-state index in [0.29, 0.717) is 17.0 Å². The lowest BCUT2D eigenvalue weighted by atomic mass is 10.1. The van der Waals surface area contributed by atoms with Crippen molar-refractivity contribution >= 4 is 11.6 Å². The number of carbonyl (C=O) groups is 1. The number of aromatic hydroxyl groups is 1. The first-order valence-electron chi connectivity index (χ1n) is 5.44. The fourth-order valence-corrected chi connectivity index (χ4v) is 1.78. The number of quaternary nitrogens is 1. The average molecular weight is 255 g/mol. The van der Waals surface area contributed by atoms with Crippen molar-refractivity contribution in [3.05, 3.63) is 17.7 Å². The van der Waals surface area contributed by atoms with Crippen molar-refractivity contribution in [2.24, 2.45) is 0 Å². The molecule has 0 fully saturated rings. The summed E-state index contributed by atoms with van der Waals surface area (Å²) < 4.78 is 5.29. The molecular weight excluding hydrogens is 240 g/mol. The van der Waals surface area contributed by atoms with Gasteiger partial charge in [-0.05, 0) is 6.07 Å². The van der Waals surface area contributed by atoms with Gasteiger partial charge in [0.25, 0.3) is 5.91 Å². The number of anilines is 1. The molecule has 1 aromatic rings. The predicted octanol–water partition coefficient (Wildman–Crippen LogP) is -1.12. The summed E-state index contributed by atoms with van der Waals surface area (Å²) >= 11 is 0. The maximum Gasteiger partial charge on any atom is 0.262 e. The SMILES string of the molecule is CO[NH2+]C[C@H](O)c1cc(O)cc2c1OCC(=O)N2. The number of phenolic OH excluding ortho intramolecular Hbond substituents is 1. The first-order valence-corrected chi connectivity index (χ1v) is 5.44. The number of benzene rings is 1. The molecular formula is C11H15N2O5+. The van der Waals surface area contributed by atoms with Crippen LogP contribution in [0.3, 0.4) is 0 Å². The van der Waals surface area contributed by atoms with Gasteiger partial charge in [0.2, 0.25) is 0 Å². The zero-order chi connectivity index (χ0) is 13.1. The molecule has 18 heavy (non-hydrogen) atoms. The predicted molar refractivity (Wildman–Crippen MR) is 61.0 cm³/mol. The minimum Gasteiger partial charge on any atom is -0.508 e. The van der Waals surface area contributed by atoms with E-state index < -0.39 is 6.10 Å². The highest BCUT2D eigenvalue weighted by molar-refractivity contribution is 5.96.